The van der Waals surface area contributed by atoms with Crippen molar-refractivity contribution in [2.45, 2.75) is 12.5 Å². The highest BCUT2D eigenvalue weighted by Gasteiger charge is 2.29. The van der Waals surface area contributed by atoms with Crippen molar-refractivity contribution in [1.82, 2.24) is 0 Å². The maximum atomic E-state index is 11.6. The number of ketones is 1. The summed E-state index contributed by atoms with van der Waals surface area (Å²) in [4.78, 5) is 14.4. The molecule has 0 heterocycles. The number of carbonyl (C=O) groups is 1. The van der Waals surface area contributed by atoms with Crippen molar-refractivity contribution in [3.63, 3.8) is 0 Å². The standard InChI is InChI=1S/C12H11N3O/c13-15-14-11-6-7-12(16)10(11)8-9-4-2-1-3-5-9/h1-7,10-11H,8H2/t10-,11-/m0/s1. The van der Waals surface area contributed by atoms with Crippen LogP contribution in [0.15, 0.2) is 47.6 Å². The molecule has 4 nitrogen and oxygen atoms in total. The van der Waals surface area contributed by atoms with Gasteiger partial charge in [-0.3, -0.25) is 4.79 Å². The number of azide groups is 1. The third-order valence-corrected chi connectivity index (χ3v) is 2.72. The van der Waals surface area contributed by atoms with Crippen LogP contribution in [0.2, 0.25) is 0 Å². The zero-order chi connectivity index (χ0) is 11.4. The Balaban J connectivity index is 2.14. The van der Waals surface area contributed by atoms with Gasteiger partial charge in [0.05, 0.1) is 6.04 Å². The van der Waals surface area contributed by atoms with Crippen molar-refractivity contribution in [3.05, 3.63) is 58.5 Å². The first kappa shape index (κ1) is 10.5. The fourth-order valence-corrected chi connectivity index (χ4v) is 1.89. The van der Waals surface area contributed by atoms with Gasteiger partial charge in [0.15, 0.2) is 5.78 Å². The molecule has 0 N–H and O–H groups in total. The molecule has 2 atom stereocenters. The van der Waals surface area contributed by atoms with Crippen LogP contribution in [0.25, 0.3) is 10.4 Å². The minimum Gasteiger partial charge on any atom is -0.295 e. The van der Waals surface area contributed by atoms with E-state index in [0.29, 0.717) is 6.42 Å². The molecule has 0 amide bonds. The summed E-state index contributed by atoms with van der Waals surface area (Å²) in [6.07, 6.45) is 3.80. The Bertz CT molecular complexity index is 460. The number of rotatable bonds is 3. The summed E-state index contributed by atoms with van der Waals surface area (Å²) in [6.45, 7) is 0. The van der Waals surface area contributed by atoms with Crippen molar-refractivity contribution < 1.29 is 4.79 Å². The quantitative estimate of drug-likeness (QED) is 0.432. The summed E-state index contributed by atoms with van der Waals surface area (Å²) >= 11 is 0. The Kier molecular flexibility index (Phi) is 3.03. The van der Waals surface area contributed by atoms with E-state index in [0.717, 1.165) is 5.56 Å². The monoisotopic (exact) mass is 213 g/mol. The zero-order valence-electron chi connectivity index (χ0n) is 8.65. The molecule has 0 unspecified atom stereocenters. The van der Waals surface area contributed by atoms with E-state index in [1.807, 2.05) is 30.3 Å². The molecule has 1 aliphatic rings. The number of allylic oxidation sites excluding steroid dienone is 1. The van der Waals surface area contributed by atoms with Crippen molar-refractivity contribution in [2.24, 2.45) is 11.0 Å². The molecule has 4 heteroatoms. The van der Waals surface area contributed by atoms with Crippen molar-refractivity contribution in [1.29, 1.82) is 0 Å². The van der Waals surface area contributed by atoms with Crippen molar-refractivity contribution in [3.8, 4) is 0 Å². The van der Waals surface area contributed by atoms with Gasteiger partial charge in [0.2, 0.25) is 0 Å². The second-order valence-electron chi connectivity index (χ2n) is 3.75. The van der Waals surface area contributed by atoms with Gasteiger partial charge in [-0.1, -0.05) is 41.5 Å². The molecule has 2 rings (SSSR count). The van der Waals surface area contributed by atoms with Gasteiger partial charge in [-0.25, -0.2) is 0 Å². The van der Waals surface area contributed by atoms with Gasteiger partial charge in [0.1, 0.15) is 0 Å². The fourth-order valence-electron chi connectivity index (χ4n) is 1.89. The van der Waals surface area contributed by atoms with E-state index in [-0.39, 0.29) is 17.7 Å². The maximum absolute atomic E-state index is 11.6. The smallest absolute Gasteiger partial charge is 0.159 e. The van der Waals surface area contributed by atoms with E-state index in [4.69, 9.17) is 5.53 Å². The van der Waals surface area contributed by atoms with Crippen LogP contribution in [0.5, 0.6) is 0 Å². The summed E-state index contributed by atoms with van der Waals surface area (Å²) in [6, 6.07) is 9.41. The lowest BCUT2D eigenvalue weighted by molar-refractivity contribution is -0.117. The predicted molar refractivity (Wildman–Crippen MR) is 60.7 cm³/mol. The van der Waals surface area contributed by atoms with Gasteiger partial charge in [0.25, 0.3) is 0 Å². The number of nitrogens with zero attached hydrogens (tertiary/aromatic N) is 3. The predicted octanol–water partition coefficient (Wildman–Crippen LogP) is 2.66. The SMILES string of the molecule is [N-]=[N+]=N[C@H]1C=CC(=O)[C@H]1Cc1ccccc1. The lowest BCUT2D eigenvalue weighted by Gasteiger charge is -2.13. The van der Waals surface area contributed by atoms with Crippen LogP contribution >= 0.6 is 0 Å². The molecule has 1 aliphatic carbocycles. The van der Waals surface area contributed by atoms with E-state index in [1.165, 1.54) is 6.08 Å². The number of benzene rings is 1. The van der Waals surface area contributed by atoms with Gasteiger partial charge in [0, 0.05) is 10.8 Å². The van der Waals surface area contributed by atoms with Crippen LogP contribution in [-0.4, -0.2) is 11.8 Å². The molecule has 80 valence electrons. The molecule has 0 saturated heterocycles. The van der Waals surface area contributed by atoms with Crippen LogP contribution in [0, 0.1) is 5.92 Å². The van der Waals surface area contributed by atoms with Crippen LogP contribution in [0.4, 0.5) is 0 Å². The van der Waals surface area contributed by atoms with Gasteiger partial charge in [-0.2, -0.15) is 0 Å². The fraction of sp³-hybridized carbons (Fsp3) is 0.250. The van der Waals surface area contributed by atoms with Crippen LogP contribution in [-0.2, 0) is 11.2 Å². The molecule has 0 spiro atoms. The highest BCUT2D eigenvalue weighted by atomic mass is 16.1. The van der Waals surface area contributed by atoms with E-state index in [1.54, 1.807) is 6.08 Å². The third-order valence-electron chi connectivity index (χ3n) is 2.72. The second-order valence-corrected chi connectivity index (χ2v) is 3.75. The number of hydrogen-bond donors (Lipinski definition) is 0. The van der Waals surface area contributed by atoms with E-state index >= 15 is 0 Å². The first-order chi connectivity index (χ1) is 7.81. The molecular formula is C12H11N3O. The summed E-state index contributed by atoms with van der Waals surface area (Å²) in [7, 11) is 0. The van der Waals surface area contributed by atoms with Crippen LogP contribution in [0.1, 0.15) is 5.56 Å². The summed E-state index contributed by atoms with van der Waals surface area (Å²) in [5, 5.41) is 3.62. The minimum absolute atomic E-state index is 0.0428. The van der Waals surface area contributed by atoms with Gasteiger partial charge >= 0.3 is 0 Å². The highest BCUT2D eigenvalue weighted by Crippen LogP contribution is 2.23. The normalized spacial score (nSPS) is 23.1. The van der Waals surface area contributed by atoms with E-state index < -0.39 is 0 Å². The largest absolute Gasteiger partial charge is 0.295 e. The molecule has 0 bridgehead atoms. The lowest BCUT2D eigenvalue weighted by atomic mass is 9.93. The Morgan fingerprint density at radius 1 is 1.31 bits per heavy atom. The Labute approximate surface area is 93.2 Å². The van der Waals surface area contributed by atoms with Gasteiger partial charge < -0.3 is 0 Å². The first-order valence-corrected chi connectivity index (χ1v) is 5.11. The molecule has 0 aliphatic heterocycles. The van der Waals surface area contributed by atoms with Crippen LogP contribution < -0.4 is 0 Å². The molecule has 1 aromatic rings. The second kappa shape index (κ2) is 4.64. The molecule has 0 fully saturated rings. The number of carbonyl (C=O) groups excluding carboxylic acids is 1. The highest BCUT2D eigenvalue weighted by molar-refractivity contribution is 5.95. The van der Waals surface area contributed by atoms with E-state index in [2.05, 4.69) is 10.0 Å². The first-order valence-electron chi connectivity index (χ1n) is 5.11. The molecule has 0 saturated carbocycles. The molecule has 0 radical (unpaired) electrons. The summed E-state index contributed by atoms with van der Waals surface area (Å²) in [5.41, 5.74) is 9.50. The van der Waals surface area contributed by atoms with Crippen molar-refractivity contribution in [2.75, 3.05) is 0 Å². The Morgan fingerprint density at radius 3 is 2.75 bits per heavy atom. The molecule has 16 heavy (non-hydrogen) atoms. The Hall–Kier alpha value is -2.06. The zero-order valence-corrected chi connectivity index (χ0v) is 8.65. The minimum atomic E-state index is -0.335. The van der Waals surface area contributed by atoms with Gasteiger partial charge in [-0.05, 0) is 23.6 Å². The van der Waals surface area contributed by atoms with Crippen molar-refractivity contribution >= 4 is 5.78 Å². The average molecular weight is 213 g/mol. The molecule has 1 aromatic carbocycles. The summed E-state index contributed by atoms with van der Waals surface area (Å²) < 4.78 is 0. The topological polar surface area (TPSA) is 65.8 Å². The number of hydrogen-bond acceptors (Lipinski definition) is 2. The summed E-state index contributed by atoms with van der Waals surface area (Å²) in [5.74, 6) is -0.195. The third kappa shape index (κ3) is 2.12. The van der Waals surface area contributed by atoms with Crippen LogP contribution in [0.3, 0.4) is 0 Å². The molecule has 0 aromatic heterocycles. The molecular weight excluding hydrogens is 202 g/mol. The Morgan fingerprint density at radius 2 is 2.06 bits per heavy atom. The lowest BCUT2D eigenvalue weighted by Crippen LogP contribution is -2.20. The van der Waals surface area contributed by atoms with Gasteiger partial charge in [-0.15, -0.1) is 0 Å². The average Bonchev–Trinajstić information content (AvgIpc) is 2.64. The van der Waals surface area contributed by atoms with E-state index in [9.17, 15) is 4.79 Å². The maximum Gasteiger partial charge on any atom is 0.159 e.